The summed E-state index contributed by atoms with van der Waals surface area (Å²) in [6.07, 6.45) is 2.68. The first-order valence-electron chi connectivity index (χ1n) is 9.27. The lowest BCUT2D eigenvalue weighted by molar-refractivity contribution is -0.124. The van der Waals surface area contributed by atoms with Crippen LogP contribution in [-0.2, 0) is 16.3 Å². The number of carbonyl (C=O) groups is 1. The SMILES string of the molecule is C[Si](C)(C)CCOCn1c(=O)ccn(-c2ccc(C3CC(=O)C3)cc2)c1=O. The highest BCUT2D eigenvalue weighted by Gasteiger charge is 2.27. The van der Waals surface area contributed by atoms with Gasteiger partial charge in [0.15, 0.2) is 0 Å². The maximum atomic E-state index is 12.7. The largest absolute Gasteiger partial charge is 0.361 e. The normalized spacial score (nSPS) is 15.0. The van der Waals surface area contributed by atoms with Crippen molar-refractivity contribution >= 4 is 13.9 Å². The van der Waals surface area contributed by atoms with Gasteiger partial charge in [-0.25, -0.2) is 9.36 Å². The Bertz CT molecular complexity index is 930. The first kappa shape index (κ1) is 19.5. The van der Waals surface area contributed by atoms with Crippen LogP contribution in [0.25, 0.3) is 5.69 Å². The van der Waals surface area contributed by atoms with Crippen LogP contribution in [0.3, 0.4) is 0 Å². The van der Waals surface area contributed by atoms with Crippen molar-refractivity contribution in [1.29, 1.82) is 0 Å². The number of ketones is 1. The number of rotatable bonds is 7. The topological polar surface area (TPSA) is 70.3 Å². The number of aromatic nitrogens is 2. The Morgan fingerprint density at radius 1 is 1.04 bits per heavy atom. The Kier molecular flexibility index (Phi) is 5.62. The number of nitrogens with zero attached hydrogens (tertiary/aromatic N) is 2. The van der Waals surface area contributed by atoms with E-state index in [0.29, 0.717) is 30.9 Å². The summed E-state index contributed by atoms with van der Waals surface area (Å²) in [7, 11) is -1.22. The van der Waals surface area contributed by atoms with E-state index in [0.717, 1.165) is 16.2 Å². The Balaban J connectivity index is 1.75. The average Bonchev–Trinajstić information content (AvgIpc) is 2.58. The molecule has 0 unspecified atom stereocenters. The lowest BCUT2D eigenvalue weighted by Gasteiger charge is -2.24. The summed E-state index contributed by atoms with van der Waals surface area (Å²) in [5, 5.41) is 0. The van der Waals surface area contributed by atoms with Gasteiger partial charge in [-0.2, -0.15) is 0 Å². The molecule has 0 bridgehead atoms. The van der Waals surface area contributed by atoms with Crippen molar-refractivity contribution in [1.82, 2.24) is 9.13 Å². The molecule has 6 nitrogen and oxygen atoms in total. The first-order chi connectivity index (χ1) is 12.7. The molecule has 0 saturated heterocycles. The van der Waals surface area contributed by atoms with E-state index in [4.69, 9.17) is 4.74 Å². The van der Waals surface area contributed by atoms with Gasteiger partial charge in [-0.3, -0.25) is 14.2 Å². The minimum Gasteiger partial charge on any atom is -0.361 e. The van der Waals surface area contributed by atoms with E-state index in [1.807, 2.05) is 24.3 Å². The summed E-state index contributed by atoms with van der Waals surface area (Å²) in [5.74, 6) is 0.582. The van der Waals surface area contributed by atoms with Gasteiger partial charge < -0.3 is 4.74 Å². The number of hydrogen-bond acceptors (Lipinski definition) is 4. The molecule has 3 rings (SSSR count). The maximum Gasteiger partial charge on any atom is 0.337 e. The van der Waals surface area contributed by atoms with Crippen molar-refractivity contribution in [3.63, 3.8) is 0 Å². The molecule has 1 aliphatic rings. The molecule has 27 heavy (non-hydrogen) atoms. The van der Waals surface area contributed by atoms with Gasteiger partial charge >= 0.3 is 5.69 Å². The quantitative estimate of drug-likeness (QED) is 0.542. The Morgan fingerprint density at radius 3 is 2.30 bits per heavy atom. The van der Waals surface area contributed by atoms with Gasteiger partial charge in [0.25, 0.3) is 5.56 Å². The number of benzene rings is 1. The fourth-order valence-corrected chi connectivity index (χ4v) is 3.76. The van der Waals surface area contributed by atoms with E-state index in [1.54, 1.807) is 0 Å². The molecule has 0 aliphatic heterocycles. The van der Waals surface area contributed by atoms with Crippen molar-refractivity contribution in [3.8, 4) is 5.69 Å². The number of carbonyl (C=O) groups excluding carboxylic acids is 1. The maximum absolute atomic E-state index is 12.7. The Labute approximate surface area is 159 Å². The van der Waals surface area contributed by atoms with Gasteiger partial charge in [-0.15, -0.1) is 0 Å². The first-order valence-corrected chi connectivity index (χ1v) is 13.0. The summed E-state index contributed by atoms with van der Waals surface area (Å²) in [6.45, 7) is 7.26. The highest BCUT2D eigenvalue weighted by atomic mass is 28.3. The van der Waals surface area contributed by atoms with Gasteiger partial charge in [0.1, 0.15) is 12.5 Å². The van der Waals surface area contributed by atoms with Gasteiger partial charge in [-0.05, 0) is 29.7 Å². The van der Waals surface area contributed by atoms with E-state index in [-0.39, 0.29) is 18.2 Å². The molecular formula is C20H26N2O4Si. The molecule has 1 aromatic heterocycles. The van der Waals surface area contributed by atoms with Crippen LogP contribution in [0.1, 0.15) is 24.3 Å². The second kappa shape index (κ2) is 7.78. The second-order valence-electron chi connectivity index (χ2n) is 8.32. The van der Waals surface area contributed by atoms with Crippen LogP contribution in [0.2, 0.25) is 25.7 Å². The molecule has 0 atom stereocenters. The molecular weight excluding hydrogens is 360 g/mol. The van der Waals surface area contributed by atoms with Crippen LogP contribution < -0.4 is 11.2 Å². The van der Waals surface area contributed by atoms with E-state index < -0.39 is 13.8 Å². The molecule has 1 heterocycles. The highest BCUT2D eigenvalue weighted by Crippen LogP contribution is 2.33. The summed E-state index contributed by atoms with van der Waals surface area (Å²) in [5.41, 5.74) is 1.01. The molecule has 7 heteroatoms. The monoisotopic (exact) mass is 386 g/mol. The number of hydrogen-bond donors (Lipinski definition) is 0. The molecule has 144 valence electrons. The zero-order valence-corrected chi connectivity index (χ0v) is 17.1. The van der Waals surface area contributed by atoms with Crippen molar-refractivity contribution in [2.45, 2.75) is 51.2 Å². The van der Waals surface area contributed by atoms with Crippen LogP contribution in [-0.4, -0.2) is 29.6 Å². The fourth-order valence-electron chi connectivity index (χ4n) is 3.00. The van der Waals surface area contributed by atoms with E-state index >= 15 is 0 Å². The van der Waals surface area contributed by atoms with Crippen molar-refractivity contribution < 1.29 is 9.53 Å². The van der Waals surface area contributed by atoms with E-state index in [1.165, 1.54) is 16.8 Å². The van der Waals surface area contributed by atoms with Crippen molar-refractivity contribution in [2.75, 3.05) is 6.61 Å². The Hall–Kier alpha value is -2.25. The Morgan fingerprint density at radius 2 is 1.70 bits per heavy atom. The lowest BCUT2D eigenvalue weighted by Crippen LogP contribution is -2.39. The molecule has 1 aliphatic carbocycles. The third kappa shape index (κ3) is 4.73. The molecule has 1 aromatic carbocycles. The molecule has 0 amide bonds. The predicted molar refractivity (Wildman–Crippen MR) is 107 cm³/mol. The van der Waals surface area contributed by atoms with Gasteiger partial charge in [0.05, 0.1) is 5.69 Å². The zero-order valence-electron chi connectivity index (χ0n) is 16.1. The molecule has 0 N–H and O–H groups in total. The summed E-state index contributed by atoms with van der Waals surface area (Å²) in [4.78, 5) is 36.0. The molecule has 0 spiro atoms. The van der Waals surface area contributed by atoms with Crippen LogP contribution in [0, 0.1) is 0 Å². The van der Waals surface area contributed by atoms with E-state index in [2.05, 4.69) is 19.6 Å². The smallest absolute Gasteiger partial charge is 0.337 e. The van der Waals surface area contributed by atoms with Gasteiger partial charge in [0.2, 0.25) is 0 Å². The summed E-state index contributed by atoms with van der Waals surface area (Å²) in [6, 6.07) is 9.94. The molecule has 0 radical (unpaired) electrons. The van der Waals surface area contributed by atoms with Gasteiger partial charge in [0, 0.05) is 39.8 Å². The summed E-state index contributed by atoms with van der Waals surface area (Å²) >= 11 is 0. The van der Waals surface area contributed by atoms with Crippen LogP contribution in [0.15, 0.2) is 46.1 Å². The number of ether oxygens (including phenoxy) is 1. The standard InChI is InChI=1S/C20H26N2O4Si/c1-27(2,3)11-10-26-14-22-19(24)8-9-21(20(22)25)17-6-4-15(5-7-17)16-12-18(23)13-16/h4-9,16H,10-14H2,1-3H3. The van der Waals surface area contributed by atoms with Crippen LogP contribution in [0.5, 0.6) is 0 Å². The van der Waals surface area contributed by atoms with Gasteiger partial charge in [-0.1, -0.05) is 31.8 Å². The zero-order chi connectivity index (χ0) is 19.6. The lowest BCUT2D eigenvalue weighted by atomic mass is 9.79. The fraction of sp³-hybridized carbons (Fsp3) is 0.450. The summed E-state index contributed by atoms with van der Waals surface area (Å²) < 4.78 is 8.14. The van der Waals surface area contributed by atoms with Crippen molar-refractivity contribution in [2.24, 2.45) is 0 Å². The average molecular weight is 387 g/mol. The van der Waals surface area contributed by atoms with Crippen LogP contribution in [0.4, 0.5) is 0 Å². The number of Topliss-reactive ketones (excluding diaryl/α,β-unsaturated/α-hetero) is 1. The predicted octanol–water partition coefficient (Wildman–Crippen LogP) is 2.76. The molecule has 2 aromatic rings. The second-order valence-corrected chi connectivity index (χ2v) is 13.9. The highest BCUT2D eigenvalue weighted by molar-refractivity contribution is 6.76. The minimum atomic E-state index is -1.22. The third-order valence-electron chi connectivity index (χ3n) is 4.88. The van der Waals surface area contributed by atoms with E-state index in [9.17, 15) is 14.4 Å². The third-order valence-corrected chi connectivity index (χ3v) is 6.58. The molecule has 1 saturated carbocycles. The molecule has 1 fully saturated rings. The van der Waals surface area contributed by atoms with Crippen molar-refractivity contribution in [3.05, 3.63) is 62.9 Å². The van der Waals surface area contributed by atoms with Crippen LogP contribution >= 0.6 is 0 Å². The minimum absolute atomic E-state index is 0.0365.